The Morgan fingerprint density at radius 3 is 0.875 bits per heavy atom. The molecule has 0 saturated heterocycles. The second kappa shape index (κ2) is 67.3. The molecule has 6 nitrogen and oxygen atoms in total. The van der Waals surface area contributed by atoms with Crippen molar-refractivity contribution in [3.63, 3.8) is 0 Å². The van der Waals surface area contributed by atoms with Gasteiger partial charge in [0.2, 0.25) is 0 Å². The second-order valence-corrected chi connectivity index (χ2v) is 22.0. The van der Waals surface area contributed by atoms with Crippen LogP contribution in [0.15, 0.2) is 122 Å². The molecule has 0 aliphatic rings. The normalized spacial score (nSPS) is 12.9. The van der Waals surface area contributed by atoms with Crippen molar-refractivity contribution in [1.29, 1.82) is 0 Å². The maximum atomic E-state index is 12.9. The molecule has 80 heavy (non-hydrogen) atoms. The van der Waals surface area contributed by atoms with Crippen LogP contribution in [0.3, 0.4) is 0 Å². The Hall–Kier alpha value is -4.19. The monoisotopic (exact) mass is 1110 g/mol. The molecule has 0 aromatic heterocycles. The summed E-state index contributed by atoms with van der Waals surface area (Å²) in [6, 6.07) is 0. The van der Waals surface area contributed by atoms with Gasteiger partial charge in [0.05, 0.1) is 6.42 Å². The van der Waals surface area contributed by atoms with Gasteiger partial charge in [-0.05, 0) is 89.9 Å². The first-order chi connectivity index (χ1) is 39.5. The number of unbranched alkanes of at least 4 members (excludes halogenated alkanes) is 30. The topological polar surface area (TPSA) is 78.9 Å². The summed E-state index contributed by atoms with van der Waals surface area (Å²) < 4.78 is 16.8. The number of esters is 3. The third kappa shape index (κ3) is 64.6. The molecule has 0 bridgehead atoms. The van der Waals surface area contributed by atoms with Crippen LogP contribution in [0.25, 0.3) is 0 Å². The largest absolute Gasteiger partial charge is 0.462 e. The lowest BCUT2D eigenvalue weighted by molar-refractivity contribution is -0.166. The fourth-order valence-corrected chi connectivity index (χ4v) is 9.31. The quantitative estimate of drug-likeness (QED) is 0.0261. The smallest absolute Gasteiger partial charge is 0.309 e. The highest BCUT2D eigenvalue weighted by Gasteiger charge is 2.19. The lowest BCUT2D eigenvalue weighted by atomic mass is 10.0. The first kappa shape index (κ1) is 75.8. The summed E-state index contributed by atoms with van der Waals surface area (Å²) in [6.45, 7) is 6.32. The zero-order valence-corrected chi connectivity index (χ0v) is 52.3. The molecule has 456 valence electrons. The van der Waals surface area contributed by atoms with Gasteiger partial charge >= 0.3 is 17.9 Å². The summed E-state index contributed by atoms with van der Waals surface area (Å²) in [6.07, 6.45) is 94.0. The average molecular weight is 1110 g/mol. The van der Waals surface area contributed by atoms with Crippen LogP contribution < -0.4 is 0 Å². The minimum atomic E-state index is -0.839. The number of carbonyl (C=O) groups excluding carboxylic acids is 3. The van der Waals surface area contributed by atoms with E-state index in [0.29, 0.717) is 12.8 Å². The molecule has 0 heterocycles. The van der Waals surface area contributed by atoms with Gasteiger partial charge in [-0.3, -0.25) is 14.4 Å². The zero-order valence-electron chi connectivity index (χ0n) is 52.3. The fraction of sp³-hybridized carbons (Fsp3) is 0.689. The van der Waals surface area contributed by atoms with E-state index in [2.05, 4.69) is 130 Å². The van der Waals surface area contributed by atoms with Crippen LogP contribution in [0.4, 0.5) is 0 Å². The van der Waals surface area contributed by atoms with Crippen LogP contribution in [-0.2, 0) is 28.6 Å². The summed E-state index contributed by atoms with van der Waals surface area (Å²) >= 11 is 0. The van der Waals surface area contributed by atoms with E-state index in [1.54, 1.807) is 6.08 Å². The fourth-order valence-electron chi connectivity index (χ4n) is 9.31. The predicted octanol–water partition coefficient (Wildman–Crippen LogP) is 23.2. The SMILES string of the molecule is CC/C=C\C/C=C\C/C=C\C/C=C\C/C=C\CCCCCC(=O)OC(COC(=O)C/C=C\C/C=C\C/C=C\C/C=C\C/C=C\CC)COC(=O)CCCCCCCCCCCCCCCCCCCCCCCCCCCCCC. The van der Waals surface area contributed by atoms with Crippen LogP contribution in [0.5, 0.6) is 0 Å². The summed E-state index contributed by atoms with van der Waals surface area (Å²) in [5.41, 5.74) is 0. The van der Waals surface area contributed by atoms with E-state index in [1.165, 1.54) is 161 Å². The van der Waals surface area contributed by atoms with Gasteiger partial charge in [-0.15, -0.1) is 0 Å². The highest BCUT2D eigenvalue weighted by Crippen LogP contribution is 2.17. The molecule has 1 atom stereocenters. The number of hydrogen-bond donors (Lipinski definition) is 0. The summed E-state index contributed by atoms with van der Waals surface area (Å²) in [5.74, 6) is -1.08. The molecule has 0 fully saturated rings. The summed E-state index contributed by atoms with van der Waals surface area (Å²) in [4.78, 5) is 38.3. The van der Waals surface area contributed by atoms with E-state index >= 15 is 0 Å². The molecule has 1 unspecified atom stereocenters. The Balaban J connectivity index is 4.37. The van der Waals surface area contributed by atoms with Crippen LogP contribution >= 0.6 is 0 Å². The number of allylic oxidation sites excluding steroid dienone is 19. The van der Waals surface area contributed by atoms with Crippen LogP contribution in [0.2, 0.25) is 0 Å². The minimum Gasteiger partial charge on any atom is -0.462 e. The number of rotatable bonds is 60. The molecule has 0 N–H and O–H groups in total. The van der Waals surface area contributed by atoms with E-state index < -0.39 is 12.1 Å². The Morgan fingerprint density at radius 2 is 0.537 bits per heavy atom. The maximum Gasteiger partial charge on any atom is 0.309 e. The Labute approximate surface area is 494 Å². The minimum absolute atomic E-state index is 0.117. The molecule has 0 rings (SSSR count). The zero-order chi connectivity index (χ0) is 57.8. The third-order valence-corrected chi connectivity index (χ3v) is 14.2. The first-order valence-electron chi connectivity index (χ1n) is 33.5. The lowest BCUT2D eigenvalue weighted by Crippen LogP contribution is -2.30. The van der Waals surface area contributed by atoms with Gasteiger partial charge < -0.3 is 14.2 Å². The first-order valence-corrected chi connectivity index (χ1v) is 33.5. The van der Waals surface area contributed by atoms with Gasteiger partial charge in [0.25, 0.3) is 0 Å². The van der Waals surface area contributed by atoms with Gasteiger partial charge in [0.15, 0.2) is 6.10 Å². The van der Waals surface area contributed by atoms with Crippen molar-refractivity contribution in [2.45, 2.75) is 316 Å². The van der Waals surface area contributed by atoms with Gasteiger partial charge in [-0.2, -0.15) is 0 Å². The molecule has 0 spiro atoms. The van der Waals surface area contributed by atoms with E-state index in [9.17, 15) is 14.4 Å². The number of carbonyl (C=O) groups is 3. The van der Waals surface area contributed by atoms with Crippen molar-refractivity contribution in [2.75, 3.05) is 13.2 Å². The van der Waals surface area contributed by atoms with Crippen LogP contribution in [0.1, 0.15) is 310 Å². The molecule has 0 amide bonds. The summed E-state index contributed by atoms with van der Waals surface area (Å²) in [7, 11) is 0. The molecule has 0 aromatic carbocycles. The highest BCUT2D eigenvalue weighted by molar-refractivity contribution is 5.72. The molecule has 0 aromatic rings. The highest BCUT2D eigenvalue weighted by atomic mass is 16.6. The van der Waals surface area contributed by atoms with Gasteiger partial charge in [0.1, 0.15) is 13.2 Å². The summed E-state index contributed by atoms with van der Waals surface area (Å²) in [5, 5.41) is 0. The van der Waals surface area contributed by atoms with E-state index in [-0.39, 0.29) is 38.0 Å². The molecule has 0 aliphatic carbocycles. The van der Waals surface area contributed by atoms with Crippen molar-refractivity contribution in [3.05, 3.63) is 122 Å². The molecular formula is C74H124O6. The van der Waals surface area contributed by atoms with Gasteiger partial charge in [-0.25, -0.2) is 0 Å². The van der Waals surface area contributed by atoms with Crippen molar-refractivity contribution in [3.8, 4) is 0 Å². The molecule has 6 heteroatoms. The maximum absolute atomic E-state index is 12.9. The van der Waals surface area contributed by atoms with Crippen LogP contribution in [-0.4, -0.2) is 37.2 Å². The number of hydrogen-bond acceptors (Lipinski definition) is 6. The van der Waals surface area contributed by atoms with E-state index in [0.717, 1.165) is 103 Å². The van der Waals surface area contributed by atoms with Crippen molar-refractivity contribution in [2.24, 2.45) is 0 Å². The molecule has 0 radical (unpaired) electrons. The van der Waals surface area contributed by atoms with Gasteiger partial charge in [-0.1, -0.05) is 322 Å². The van der Waals surface area contributed by atoms with Crippen molar-refractivity contribution >= 4 is 17.9 Å². The molecule has 0 aliphatic heterocycles. The third-order valence-electron chi connectivity index (χ3n) is 14.2. The average Bonchev–Trinajstić information content (AvgIpc) is 3.46. The second-order valence-electron chi connectivity index (χ2n) is 22.0. The molecular weight excluding hydrogens is 985 g/mol. The van der Waals surface area contributed by atoms with E-state index in [1.807, 2.05) is 6.08 Å². The Morgan fingerprint density at radius 1 is 0.275 bits per heavy atom. The van der Waals surface area contributed by atoms with Crippen molar-refractivity contribution < 1.29 is 28.6 Å². The number of ether oxygens (including phenoxy) is 3. The Bertz CT molecular complexity index is 1650. The lowest BCUT2D eigenvalue weighted by Gasteiger charge is -2.18. The molecule has 0 saturated carbocycles. The van der Waals surface area contributed by atoms with Crippen LogP contribution in [0, 0.1) is 0 Å². The van der Waals surface area contributed by atoms with Gasteiger partial charge in [0, 0.05) is 12.8 Å². The predicted molar refractivity (Wildman–Crippen MR) is 348 cm³/mol. The Kier molecular flexibility index (Phi) is 63.8. The van der Waals surface area contributed by atoms with Crippen molar-refractivity contribution in [1.82, 2.24) is 0 Å². The standard InChI is InChI=1S/C74H124O6/c1-4-7-10-13-16-19-22-25-28-30-32-33-34-35-36-37-38-39-40-42-43-46-49-52-55-58-61-64-67-73(76)79-70-71(69-78-72(75)66-63-60-57-54-51-48-45-27-24-21-18-15-12-9-6-3)80-74(77)68-65-62-59-56-53-50-47-44-41-31-29-26-23-20-17-14-11-8-5-2/h8-9,11-12,17-18,20-21,26-27,29,41,44-45,50-51,53-54,60,63,71H,4-7,10,13-16,19,22-25,28,30-40,42-43,46-49,52,55-59,61-62,64-70H2,1-3H3/b11-8-,12-9-,20-17-,21-18-,29-26-,44-41-,45-27-,53-50-,54-51-,63-60-. The van der Waals surface area contributed by atoms with E-state index in [4.69, 9.17) is 14.2 Å².